The van der Waals surface area contributed by atoms with Crippen molar-refractivity contribution < 1.29 is 23.9 Å². The first-order valence-electron chi connectivity index (χ1n) is 11.3. The molecule has 7 heteroatoms. The number of imide groups is 1. The van der Waals surface area contributed by atoms with Gasteiger partial charge in [0.05, 0.1) is 37.8 Å². The van der Waals surface area contributed by atoms with Crippen molar-refractivity contribution >= 4 is 23.7 Å². The molecule has 1 heterocycles. The van der Waals surface area contributed by atoms with Gasteiger partial charge >= 0.3 is 5.97 Å². The largest absolute Gasteiger partial charge is 0.481 e. The second-order valence-electron chi connectivity index (χ2n) is 8.29. The lowest BCUT2D eigenvalue weighted by Crippen LogP contribution is -2.35. The van der Waals surface area contributed by atoms with E-state index in [1.807, 2.05) is 48.5 Å². The third-order valence-electron chi connectivity index (χ3n) is 6.21. The van der Waals surface area contributed by atoms with Crippen LogP contribution >= 0.6 is 0 Å². The third kappa shape index (κ3) is 4.99. The van der Waals surface area contributed by atoms with E-state index in [1.54, 1.807) is 24.3 Å². The van der Waals surface area contributed by atoms with Gasteiger partial charge in [-0.25, -0.2) is 0 Å². The number of benzene rings is 3. The average Bonchev–Trinajstić information content (AvgIpc) is 3.15. The van der Waals surface area contributed by atoms with Crippen LogP contribution in [-0.2, 0) is 27.1 Å². The lowest BCUT2D eigenvalue weighted by Gasteiger charge is -2.26. The van der Waals surface area contributed by atoms with E-state index in [4.69, 9.17) is 14.9 Å². The molecule has 4 rings (SSSR count). The molecule has 1 aliphatic rings. The average molecular weight is 471 g/mol. The van der Waals surface area contributed by atoms with Gasteiger partial charge in [-0.2, -0.15) is 0 Å². The molecule has 0 aliphatic carbocycles. The summed E-state index contributed by atoms with van der Waals surface area (Å²) >= 11 is 0. The summed E-state index contributed by atoms with van der Waals surface area (Å²) in [5.74, 6) is -1.19. The van der Waals surface area contributed by atoms with Crippen LogP contribution in [0.4, 0.5) is 0 Å². The van der Waals surface area contributed by atoms with E-state index >= 15 is 0 Å². The van der Waals surface area contributed by atoms with Crippen molar-refractivity contribution in [3.05, 3.63) is 106 Å². The van der Waals surface area contributed by atoms with Crippen molar-refractivity contribution in [2.45, 2.75) is 25.3 Å². The number of methoxy groups -OCH3 is 2. The van der Waals surface area contributed by atoms with Crippen LogP contribution in [0.2, 0.25) is 0 Å². The molecule has 0 bridgehead atoms. The summed E-state index contributed by atoms with van der Waals surface area (Å²) in [6.07, 6.45) is 1.48. The number of esters is 1. The Labute approximate surface area is 203 Å². The molecule has 7 nitrogen and oxygen atoms in total. The number of amides is 2. The van der Waals surface area contributed by atoms with Crippen LogP contribution in [-0.4, -0.2) is 42.8 Å². The zero-order valence-electron chi connectivity index (χ0n) is 19.6. The van der Waals surface area contributed by atoms with Gasteiger partial charge in [-0.15, -0.1) is 0 Å². The Balaban J connectivity index is 1.51. The zero-order valence-corrected chi connectivity index (χ0v) is 19.6. The number of aryl methyl sites for hydroxylation is 2. The van der Waals surface area contributed by atoms with Crippen molar-refractivity contribution in [2.24, 2.45) is 0 Å². The SMILES string of the molecule is COC(=N)c1ccc(CCc2ccc(C(CC(=O)OC)N3C(=O)c4ccccc4C3=O)cc2)cc1. The summed E-state index contributed by atoms with van der Waals surface area (Å²) in [7, 11) is 2.76. The summed E-state index contributed by atoms with van der Waals surface area (Å²) in [6, 6.07) is 21.2. The topological polar surface area (TPSA) is 96.8 Å². The highest BCUT2D eigenvalue weighted by Crippen LogP contribution is 2.34. The fourth-order valence-electron chi connectivity index (χ4n) is 4.23. The predicted molar refractivity (Wildman–Crippen MR) is 130 cm³/mol. The number of rotatable bonds is 8. The Kier molecular flexibility index (Phi) is 7.06. The van der Waals surface area contributed by atoms with Gasteiger partial charge in [-0.1, -0.05) is 48.5 Å². The monoisotopic (exact) mass is 470 g/mol. The Hall–Kier alpha value is -4.26. The molecule has 1 N–H and O–H groups in total. The number of nitrogens with zero attached hydrogens (tertiary/aromatic N) is 1. The smallest absolute Gasteiger partial charge is 0.307 e. The number of carbonyl (C=O) groups excluding carboxylic acids is 3. The normalized spacial score (nSPS) is 13.4. The summed E-state index contributed by atoms with van der Waals surface area (Å²) < 4.78 is 9.79. The molecular formula is C28H26N2O5. The summed E-state index contributed by atoms with van der Waals surface area (Å²) in [5, 5.41) is 7.72. The number of carbonyl (C=O) groups is 3. The van der Waals surface area contributed by atoms with E-state index in [1.165, 1.54) is 14.2 Å². The molecule has 0 saturated heterocycles. The standard InChI is InChI=1S/C28H26N2O5/c1-34-25(31)17-24(30-27(32)22-5-3-4-6-23(22)28(30)33)20-13-9-18(10-14-20)7-8-19-11-15-21(16-12-19)26(29)35-2/h3-6,9-16,24,29H,7-8,17H2,1-2H3. The van der Waals surface area contributed by atoms with Gasteiger partial charge in [0.15, 0.2) is 0 Å². The van der Waals surface area contributed by atoms with Gasteiger partial charge in [0.1, 0.15) is 0 Å². The van der Waals surface area contributed by atoms with Crippen LogP contribution in [0.1, 0.15) is 55.4 Å². The number of hydrogen-bond donors (Lipinski definition) is 1. The van der Waals surface area contributed by atoms with Crippen LogP contribution in [0.3, 0.4) is 0 Å². The Morgan fingerprint density at radius 1 is 0.800 bits per heavy atom. The maximum atomic E-state index is 13.0. The molecule has 1 atom stereocenters. The molecule has 0 spiro atoms. The molecule has 1 unspecified atom stereocenters. The summed E-state index contributed by atoms with van der Waals surface area (Å²) in [5.41, 5.74) is 4.32. The fraction of sp³-hybridized carbons (Fsp3) is 0.214. The zero-order chi connectivity index (χ0) is 24.9. The van der Waals surface area contributed by atoms with Crippen LogP contribution in [0.15, 0.2) is 72.8 Å². The van der Waals surface area contributed by atoms with Crippen LogP contribution in [0, 0.1) is 5.41 Å². The van der Waals surface area contributed by atoms with Gasteiger partial charge < -0.3 is 9.47 Å². The van der Waals surface area contributed by atoms with Crippen molar-refractivity contribution in [2.75, 3.05) is 14.2 Å². The first-order valence-corrected chi connectivity index (χ1v) is 11.3. The van der Waals surface area contributed by atoms with Crippen LogP contribution in [0.25, 0.3) is 0 Å². The molecule has 3 aromatic carbocycles. The van der Waals surface area contributed by atoms with E-state index in [0.29, 0.717) is 16.7 Å². The maximum absolute atomic E-state index is 13.0. The molecule has 3 aromatic rings. The maximum Gasteiger partial charge on any atom is 0.307 e. The van der Waals surface area contributed by atoms with Crippen LogP contribution < -0.4 is 0 Å². The third-order valence-corrected chi connectivity index (χ3v) is 6.21. The highest BCUT2D eigenvalue weighted by Gasteiger charge is 2.41. The van der Waals surface area contributed by atoms with Gasteiger partial charge in [0, 0.05) is 5.56 Å². The lowest BCUT2D eigenvalue weighted by molar-refractivity contribution is -0.141. The highest BCUT2D eigenvalue weighted by atomic mass is 16.5. The number of fused-ring (bicyclic) bond motifs is 1. The van der Waals surface area contributed by atoms with Crippen molar-refractivity contribution in [3.63, 3.8) is 0 Å². The predicted octanol–water partition coefficient (Wildman–Crippen LogP) is 4.34. The van der Waals surface area contributed by atoms with E-state index in [2.05, 4.69) is 0 Å². The van der Waals surface area contributed by atoms with Crippen molar-refractivity contribution in [1.29, 1.82) is 5.41 Å². The van der Waals surface area contributed by atoms with Gasteiger partial charge in [-0.05, 0) is 53.8 Å². The fourth-order valence-corrected chi connectivity index (χ4v) is 4.23. The minimum absolute atomic E-state index is 0.121. The highest BCUT2D eigenvalue weighted by molar-refractivity contribution is 6.21. The summed E-state index contributed by atoms with van der Waals surface area (Å²) in [4.78, 5) is 39.4. The number of ether oxygens (including phenoxy) is 2. The molecular weight excluding hydrogens is 444 g/mol. The molecule has 0 saturated carbocycles. The van der Waals surface area contributed by atoms with E-state index < -0.39 is 23.8 Å². The Morgan fingerprint density at radius 2 is 1.31 bits per heavy atom. The molecule has 0 aromatic heterocycles. The van der Waals surface area contributed by atoms with E-state index in [9.17, 15) is 14.4 Å². The number of nitrogens with one attached hydrogen (secondary N) is 1. The minimum Gasteiger partial charge on any atom is -0.481 e. The van der Waals surface area contributed by atoms with Gasteiger partial charge in [0.25, 0.3) is 11.8 Å². The molecule has 178 valence electrons. The van der Waals surface area contributed by atoms with E-state index in [-0.39, 0.29) is 12.3 Å². The minimum atomic E-state index is -0.757. The number of hydrogen-bond acceptors (Lipinski definition) is 6. The van der Waals surface area contributed by atoms with Crippen LogP contribution in [0.5, 0.6) is 0 Å². The van der Waals surface area contributed by atoms with E-state index in [0.717, 1.165) is 34.4 Å². The van der Waals surface area contributed by atoms with Gasteiger partial charge in [-0.3, -0.25) is 24.7 Å². The second kappa shape index (κ2) is 10.3. The first kappa shape index (κ1) is 23.9. The van der Waals surface area contributed by atoms with Crippen molar-refractivity contribution in [1.82, 2.24) is 4.90 Å². The van der Waals surface area contributed by atoms with Gasteiger partial charge in [0.2, 0.25) is 5.90 Å². The molecule has 0 radical (unpaired) electrons. The molecule has 35 heavy (non-hydrogen) atoms. The summed E-state index contributed by atoms with van der Waals surface area (Å²) in [6.45, 7) is 0. The van der Waals surface area contributed by atoms with Crippen molar-refractivity contribution in [3.8, 4) is 0 Å². The second-order valence-corrected chi connectivity index (χ2v) is 8.29. The quantitative estimate of drug-likeness (QED) is 0.229. The molecule has 1 aliphatic heterocycles. The molecule has 0 fully saturated rings. The Morgan fingerprint density at radius 3 is 1.80 bits per heavy atom. The first-order chi connectivity index (χ1) is 16.9. The molecule has 2 amide bonds. The Bertz CT molecular complexity index is 1230. The lowest BCUT2D eigenvalue weighted by atomic mass is 9.98.